The van der Waals surface area contributed by atoms with Gasteiger partial charge >= 0.3 is 0 Å². The van der Waals surface area contributed by atoms with Crippen molar-refractivity contribution in [1.29, 1.82) is 0 Å². The molecule has 2 aliphatic rings. The zero-order chi connectivity index (χ0) is 25.5. The number of rotatable bonds is 10. The van der Waals surface area contributed by atoms with Gasteiger partial charge in [0.05, 0.1) is 37.5 Å². The van der Waals surface area contributed by atoms with Gasteiger partial charge in [0.25, 0.3) is 11.8 Å². The third-order valence-corrected chi connectivity index (χ3v) is 6.92. The van der Waals surface area contributed by atoms with Crippen molar-refractivity contribution in [2.75, 3.05) is 39.5 Å². The maximum absolute atomic E-state index is 13.1. The molecule has 194 valence electrons. The summed E-state index contributed by atoms with van der Waals surface area (Å²) in [5.41, 5.74) is 3.52. The van der Waals surface area contributed by atoms with Crippen LogP contribution in [0.2, 0.25) is 0 Å². The van der Waals surface area contributed by atoms with Crippen molar-refractivity contribution >= 4 is 11.8 Å². The fraction of sp³-hybridized carbons (Fsp3) is 0.500. The van der Waals surface area contributed by atoms with Crippen LogP contribution in [0.3, 0.4) is 0 Å². The number of nitrogens with one attached hydrogen (secondary N) is 2. The largest absolute Gasteiger partial charge is 0.493 e. The smallest absolute Gasteiger partial charge is 0.255 e. The first-order valence-corrected chi connectivity index (χ1v) is 12.9. The monoisotopic (exact) mass is 495 g/mol. The van der Waals surface area contributed by atoms with Crippen LogP contribution in [0.5, 0.6) is 5.75 Å². The zero-order valence-electron chi connectivity index (χ0n) is 21.2. The SMILES string of the molecule is CCOc1cc(C(=O)N2CCOC[C@@H]2CC)ccc1C(=O)NC[C@@H](O)CNC1Cc2ccccc2C1. The predicted molar refractivity (Wildman–Crippen MR) is 138 cm³/mol. The highest BCUT2D eigenvalue weighted by molar-refractivity contribution is 6.00. The fourth-order valence-electron chi connectivity index (χ4n) is 4.93. The zero-order valence-corrected chi connectivity index (χ0v) is 21.2. The third-order valence-electron chi connectivity index (χ3n) is 6.92. The number of nitrogens with zero attached hydrogens (tertiary/aromatic N) is 1. The summed E-state index contributed by atoms with van der Waals surface area (Å²) < 4.78 is 11.2. The molecule has 2 aromatic rings. The van der Waals surface area contributed by atoms with Gasteiger partial charge in [-0.3, -0.25) is 9.59 Å². The van der Waals surface area contributed by atoms with Crippen molar-refractivity contribution in [3.63, 3.8) is 0 Å². The van der Waals surface area contributed by atoms with Crippen LogP contribution < -0.4 is 15.4 Å². The second-order valence-corrected chi connectivity index (χ2v) is 9.43. The first kappa shape index (κ1) is 26.1. The van der Waals surface area contributed by atoms with E-state index in [2.05, 4.69) is 34.9 Å². The van der Waals surface area contributed by atoms with Gasteiger partial charge < -0.3 is 30.1 Å². The van der Waals surface area contributed by atoms with Gasteiger partial charge in [0.2, 0.25) is 0 Å². The number of fused-ring (bicyclic) bond motifs is 1. The van der Waals surface area contributed by atoms with Gasteiger partial charge in [0.15, 0.2) is 0 Å². The lowest BCUT2D eigenvalue weighted by Crippen LogP contribution is -2.48. The quantitative estimate of drug-likeness (QED) is 0.467. The van der Waals surface area contributed by atoms with Crippen LogP contribution in [-0.4, -0.2) is 79.5 Å². The van der Waals surface area contributed by atoms with Gasteiger partial charge in [-0.05, 0) is 55.5 Å². The predicted octanol–water partition coefficient (Wildman–Crippen LogP) is 2.18. The summed E-state index contributed by atoms with van der Waals surface area (Å²) >= 11 is 0. The van der Waals surface area contributed by atoms with Crippen LogP contribution >= 0.6 is 0 Å². The van der Waals surface area contributed by atoms with Crippen LogP contribution in [0.25, 0.3) is 0 Å². The highest BCUT2D eigenvalue weighted by Crippen LogP contribution is 2.24. The van der Waals surface area contributed by atoms with Gasteiger partial charge in [-0.2, -0.15) is 0 Å². The molecule has 1 aliphatic heterocycles. The summed E-state index contributed by atoms with van der Waals surface area (Å²) in [6.45, 7) is 6.34. The Morgan fingerprint density at radius 1 is 1.14 bits per heavy atom. The summed E-state index contributed by atoms with van der Waals surface area (Å²) in [5, 5.41) is 16.6. The normalized spacial score (nSPS) is 18.5. The van der Waals surface area contributed by atoms with Crippen molar-refractivity contribution < 1.29 is 24.2 Å². The number of hydrogen-bond donors (Lipinski definition) is 3. The van der Waals surface area contributed by atoms with E-state index in [4.69, 9.17) is 9.47 Å². The lowest BCUT2D eigenvalue weighted by molar-refractivity contribution is -0.00281. The molecule has 2 atom stereocenters. The molecule has 1 saturated heterocycles. The summed E-state index contributed by atoms with van der Waals surface area (Å²) in [6, 6.07) is 13.6. The van der Waals surface area contributed by atoms with Crippen LogP contribution in [0.4, 0.5) is 0 Å². The maximum atomic E-state index is 13.1. The molecule has 0 spiro atoms. The van der Waals surface area contributed by atoms with E-state index in [-0.39, 0.29) is 24.4 Å². The van der Waals surface area contributed by atoms with Crippen LogP contribution in [-0.2, 0) is 17.6 Å². The number of aliphatic hydroxyl groups is 1. The minimum atomic E-state index is -0.721. The fourth-order valence-corrected chi connectivity index (χ4v) is 4.93. The van der Waals surface area contributed by atoms with Gasteiger partial charge in [0, 0.05) is 31.2 Å². The Morgan fingerprint density at radius 2 is 1.89 bits per heavy atom. The van der Waals surface area contributed by atoms with Crippen LogP contribution in [0.1, 0.15) is 52.1 Å². The summed E-state index contributed by atoms with van der Waals surface area (Å²) in [6.07, 6.45) is 1.99. The Balaban J connectivity index is 1.32. The first-order valence-electron chi connectivity index (χ1n) is 12.9. The van der Waals surface area contributed by atoms with Crippen molar-refractivity contribution in [2.24, 2.45) is 0 Å². The Bertz CT molecular complexity index is 1030. The Labute approximate surface area is 213 Å². The molecule has 1 aliphatic carbocycles. The van der Waals surface area contributed by atoms with Gasteiger partial charge in [-0.1, -0.05) is 31.2 Å². The van der Waals surface area contributed by atoms with E-state index in [0.717, 1.165) is 19.3 Å². The van der Waals surface area contributed by atoms with E-state index in [1.807, 2.05) is 18.7 Å². The number of amides is 2. The number of carbonyl (C=O) groups is 2. The standard InChI is InChI=1S/C28H37N3O5/c1-3-23-18-35-12-11-31(23)28(34)21-9-10-25(26(15-21)36-4-2)27(33)30-17-24(32)16-29-22-13-19-7-5-6-8-20(19)14-22/h5-10,15,22-24,29,32H,3-4,11-14,16-18H2,1-2H3,(H,30,33)/t23-,24-/m0/s1. The van der Waals surface area contributed by atoms with Crippen molar-refractivity contribution in [1.82, 2.24) is 15.5 Å². The van der Waals surface area contributed by atoms with E-state index in [1.54, 1.807) is 18.2 Å². The average molecular weight is 496 g/mol. The number of ether oxygens (including phenoxy) is 2. The summed E-state index contributed by atoms with van der Waals surface area (Å²) in [5.74, 6) is -0.0744. The molecule has 0 unspecified atom stereocenters. The van der Waals surface area contributed by atoms with E-state index < -0.39 is 6.10 Å². The molecule has 2 amide bonds. The average Bonchev–Trinajstić information content (AvgIpc) is 3.33. The number of morpholine rings is 1. The topological polar surface area (TPSA) is 100 Å². The van der Waals surface area contributed by atoms with Crippen molar-refractivity contribution in [3.05, 3.63) is 64.7 Å². The van der Waals surface area contributed by atoms with Gasteiger partial charge in [-0.25, -0.2) is 0 Å². The van der Waals surface area contributed by atoms with Crippen molar-refractivity contribution in [3.8, 4) is 5.75 Å². The lowest BCUT2D eigenvalue weighted by Gasteiger charge is -2.35. The number of hydrogen-bond acceptors (Lipinski definition) is 6. The van der Waals surface area contributed by atoms with Crippen molar-refractivity contribution in [2.45, 2.75) is 51.3 Å². The molecular formula is C28H37N3O5. The molecule has 0 aromatic heterocycles. The van der Waals surface area contributed by atoms with Crippen LogP contribution in [0.15, 0.2) is 42.5 Å². The number of carbonyl (C=O) groups excluding carboxylic acids is 2. The van der Waals surface area contributed by atoms with E-state index in [0.29, 0.717) is 55.8 Å². The van der Waals surface area contributed by atoms with Gasteiger partial charge in [0.1, 0.15) is 5.75 Å². The molecule has 2 aromatic carbocycles. The minimum Gasteiger partial charge on any atom is -0.493 e. The Kier molecular flexibility index (Phi) is 8.96. The molecule has 1 fully saturated rings. The van der Waals surface area contributed by atoms with Gasteiger partial charge in [-0.15, -0.1) is 0 Å². The Morgan fingerprint density at radius 3 is 2.58 bits per heavy atom. The van der Waals surface area contributed by atoms with E-state index in [1.165, 1.54) is 11.1 Å². The molecule has 8 nitrogen and oxygen atoms in total. The molecule has 0 bridgehead atoms. The maximum Gasteiger partial charge on any atom is 0.255 e. The molecule has 0 radical (unpaired) electrons. The summed E-state index contributed by atoms with van der Waals surface area (Å²) in [7, 11) is 0. The molecule has 4 rings (SSSR count). The number of benzene rings is 2. The first-order chi connectivity index (χ1) is 17.5. The van der Waals surface area contributed by atoms with E-state index >= 15 is 0 Å². The molecular weight excluding hydrogens is 458 g/mol. The molecule has 0 saturated carbocycles. The molecule has 8 heteroatoms. The highest BCUT2D eigenvalue weighted by atomic mass is 16.5. The van der Waals surface area contributed by atoms with E-state index in [9.17, 15) is 14.7 Å². The second-order valence-electron chi connectivity index (χ2n) is 9.43. The number of aliphatic hydroxyl groups excluding tert-OH is 1. The third kappa shape index (κ3) is 6.24. The molecule has 1 heterocycles. The minimum absolute atomic E-state index is 0.0401. The highest BCUT2D eigenvalue weighted by Gasteiger charge is 2.28. The second kappa shape index (κ2) is 12.3. The Hall–Kier alpha value is -2.94. The molecule has 36 heavy (non-hydrogen) atoms. The lowest BCUT2D eigenvalue weighted by atomic mass is 10.1. The molecule has 3 N–H and O–H groups in total. The summed E-state index contributed by atoms with van der Waals surface area (Å²) in [4.78, 5) is 27.9. The van der Waals surface area contributed by atoms with Crippen LogP contribution in [0, 0.1) is 0 Å².